The Bertz CT molecular complexity index is 2170. The lowest BCUT2D eigenvalue weighted by molar-refractivity contribution is -0.128. The second-order valence-corrected chi connectivity index (χ2v) is 15.1. The molecule has 2 amide bonds. The van der Waals surface area contributed by atoms with E-state index >= 15 is 0 Å². The van der Waals surface area contributed by atoms with Crippen LogP contribution < -0.4 is 19.3 Å². The molecule has 0 saturated carbocycles. The number of halogens is 1. The number of benzene rings is 3. The number of ether oxygens (including phenoxy) is 2. The number of aromatic hydroxyl groups is 1. The number of carbonyl (C=O) groups excluding carboxylic acids is 2. The first-order chi connectivity index (χ1) is 26.6. The van der Waals surface area contributed by atoms with Crippen LogP contribution >= 0.6 is 11.6 Å². The highest BCUT2D eigenvalue weighted by molar-refractivity contribution is 6.36. The summed E-state index contributed by atoms with van der Waals surface area (Å²) in [5, 5.41) is 23.1. The van der Waals surface area contributed by atoms with Gasteiger partial charge in [-0.2, -0.15) is 15.2 Å². The summed E-state index contributed by atoms with van der Waals surface area (Å²) in [6.07, 6.45) is 2.89. The highest BCUT2D eigenvalue weighted by atomic mass is 35.5. The van der Waals surface area contributed by atoms with E-state index in [0.29, 0.717) is 63.1 Å². The maximum Gasteiger partial charge on any atom is 0.318 e. The van der Waals surface area contributed by atoms with E-state index in [4.69, 9.17) is 31.0 Å². The minimum atomic E-state index is -0.319. The van der Waals surface area contributed by atoms with Gasteiger partial charge in [0.1, 0.15) is 17.3 Å². The van der Waals surface area contributed by atoms with Gasteiger partial charge in [-0.3, -0.25) is 9.59 Å². The number of nitrogens with zero attached hydrogens (tertiary/aromatic N) is 7. The van der Waals surface area contributed by atoms with Crippen molar-refractivity contribution in [2.45, 2.75) is 51.6 Å². The maximum absolute atomic E-state index is 13.6. The molecule has 4 heterocycles. The molecule has 7 rings (SSSR count). The van der Waals surface area contributed by atoms with Crippen LogP contribution in [-0.4, -0.2) is 95.7 Å². The zero-order valence-corrected chi connectivity index (χ0v) is 32.3. The molecule has 3 aliphatic heterocycles. The lowest BCUT2D eigenvalue weighted by Crippen LogP contribution is -2.55. The van der Waals surface area contributed by atoms with Gasteiger partial charge in [-0.25, -0.2) is 0 Å². The molecule has 1 unspecified atom stereocenters. The number of phenols is 1. The molecule has 0 bridgehead atoms. The lowest BCUT2D eigenvalue weighted by Gasteiger charge is -2.42. The van der Waals surface area contributed by atoms with Crippen LogP contribution in [0, 0.1) is 17.2 Å². The van der Waals surface area contributed by atoms with Crippen LogP contribution in [-0.2, 0) is 17.8 Å². The quantitative estimate of drug-likeness (QED) is 0.182. The minimum absolute atomic E-state index is 0.0276. The molecule has 12 nitrogen and oxygen atoms in total. The third-order valence-corrected chi connectivity index (χ3v) is 11.3. The van der Waals surface area contributed by atoms with Crippen LogP contribution in [0.25, 0.3) is 10.8 Å². The van der Waals surface area contributed by atoms with E-state index in [9.17, 15) is 20.0 Å². The van der Waals surface area contributed by atoms with Crippen molar-refractivity contribution < 1.29 is 24.2 Å². The molecule has 0 radical (unpaired) electrons. The van der Waals surface area contributed by atoms with E-state index in [1.54, 1.807) is 23.0 Å². The Morgan fingerprint density at radius 3 is 2.64 bits per heavy atom. The molecule has 2 atom stereocenters. The zero-order chi connectivity index (χ0) is 38.8. The topological polar surface area (TPSA) is 135 Å². The van der Waals surface area contributed by atoms with Gasteiger partial charge < -0.3 is 34.2 Å². The van der Waals surface area contributed by atoms with E-state index in [1.807, 2.05) is 32.0 Å². The molecule has 1 aromatic heterocycles. The monoisotopic (exact) mass is 763 g/mol. The molecule has 0 spiro atoms. The SMILES string of the molecule is C=CC(=O)N1CCN(c2nc(OCC3CCN(C(=O)c4cc(C(C)C)c(OC)cc4O)C3)nc3c2CCN(c2cccc4cccc(Cl)c24)C3)C[C@@H]1CC#N. The number of carbonyl (C=O) groups is 2. The van der Waals surface area contributed by atoms with Crippen LogP contribution in [0.3, 0.4) is 0 Å². The highest BCUT2D eigenvalue weighted by Crippen LogP contribution is 2.38. The van der Waals surface area contributed by atoms with E-state index in [-0.39, 0.29) is 53.4 Å². The zero-order valence-electron chi connectivity index (χ0n) is 31.5. The summed E-state index contributed by atoms with van der Waals surface area (Å²) in [5.41, 5.74) is 4.01. The molecular formula is C42H46ClN7O5. The molecule has 2 fully saturated rings. The molecule has 0 aliphatic carbocycles. The Labute approximate surface area is 326 Å². The smallest absolute Gasteiger partial charge is 0.318 e. The summed E-state index contributed by atoms with van der Waals surface area (Å²) < 4.78 is 11.8. The number of hydrogen-bond acceptors (Lipinski definition) is 10. The van der Waals surface area contributed by atoms with E-state index in [2.05, 4.69) is 40.6 Å². The number of rotatable bonds is 10. The first kappa shape index (κ1) is 37.8. The van der Waals surface area contributed by atoms with E-state index < -0.39 is 0 Å². The van der Waals surface area contributed by atoms with Crippen molar-refractivity contribution in [3.05, 3.63) is 88.6 Å². The standard InChI is InChI=1S/C42H46ClN7O5/c1-5-38(52)50-19-18-48(23-29(50)12-15-44)40-30-14-17-47(35-11-7-9-28-8-6-10-33(43)39(28)35)24-34(30)45-42(46-40)55-25-27-13-16-49(22-27)41(53)32-20-31(26(2)3)37(54-4)21-36(32)51/h5-11,20-21,26-27,29,51H,1,12-14,16-19,22-25H2,2-4H3/t27?,29-/m0/s1. The largest absolute Gasteiger partial charge is 0.507 e. The average Bonchev–Trinajstić information content (AvgIpc) is 3.68. The molecule has 2 saturated heterocycles. The minimum Gasteiger partial charge on any atom is -0.507 e. The molecule has 13 heteroatoms. The number of fused-ring (bicyclic) bond motifs is 2. The van der Waals surface area contributed by atoms with E-state index in [0.717, 1.165) is 52.1 Å². The molecule has 55 heavy (non-hydrogen) atoms. The summed E-state index contributed by atoms with van der Waals surface area (Å²) in [7, 11) is 1.55. The van der Waals surface area contributed by atoms with Crippen molar-refractivity contribution >= 4 is 45.7 Å². The Kier molecular flexibility index (Phi) is 11.0. The van der Waals surface area contributed by atoms with Crippen molar-refractivity contribution in [1.82, 2.24) is 19.8 Å². The van der Waals surface area contributed by atoms with Gasteiger partial charge in [-0.1, -0.05) is 56.3 Å². The molecule has 286 valence electrons. The molecule has 3 aromatic carbocycles. The summed E-state index contributed by atoms with van der Waals surface area (Å²) in [5.74, 6) is 0.917. The number of piperazine rings is 1. The van der Waals surface area contributed by atoms with Gasteiger partial charge in [0, 0.05) is 67.9 Å². The average molecular weight is 764 g/mol. The first-order valence-electron chi connectivity index (χ1n) is 18.8. The van der Waals surface area contributed by atoms with Crippen molar-refractivity contribution in [3.8, 4) is 23.6 Å². The van der Waals surface area contributed by atoms with E-state index in [1.165, 1.54) is 12.1 Å². The second-order valence-electron chi connectivity index (χ2n) is 14.7. The lowest BCUT2D eigenvalue weighted by atomic mass is 9.98. The van der Waals surface area contributed by atoms with Gasteiger partial charge >= 0.3 is 6.01 Å². The van der Waals surface area contributed by atoms with Gasteiger partial charge in [0.05, 0.1) is 55.1 Å². The third-order valence-electron chi connectivity index (χ3n) is 11.0. The van der Waals surface area contributed by atoms with Gasteiger partial charge in [0.2, 0.25) is 5.91 Å². The normalized spacial score (nSPS) is 18.3. The third kappa shape index (κ3) is 7.58. The molecule has 1 N–H and O–H groups in total. The number of anilines is 2. The van der Waals surface area contributed by atoms with Crippen LogP contribution in [0.4, 0.5) is 11.5 Å². The van der Waals surface area contributed by atoms with Crippen LogP contribution in [0.5, 0.6) is 17.5 Å². The maximum atomic E-state index is 13.6. The Morgan fingerprint density at radius 1 is 1.09 bits per heavy atom. The summed E-state index contributed by atoms with van der Waals surface area (Å²) in [4.78, 5) is 44.2. The summed E-state index contributed by atoms with van der Waals surface area (Å²) in [6, 6.07) is 17.5. The van der Waals surface area contributed by atoms with Gasteiger partial charge in [-0.15, -0.1) is 0 Å². The van der Waals surface area contributed by atoms with Crippen molar-refractivity contribution in [2.75, 3.05) is 62.8 Å². The summed E-state index contributed by atoms with van der Waals surface area (Å²) in [6.45, 7) is 11.6. The molecular weight excluding hydrogens is 718 g/mol. The second kappa shape index (κ2) is 16.1. The Morgan fingerprint density at radius 2 is 1.89 bits per heavy atom. The fourth-order valence-electron chi connectivity index (χ4n) is 8.10. The predicted octanol–water partition coefficient (Wildman–Crippen LogP) is 6.34. The predicted molar refractivity (Wildman–Crippen MR) is 212 cm³/mol. The summed E-state index contributed by atoms with van der Waals surface area (Å²) >= 11 is 6.75. The highest BCUT2D eigenvalue weighted by Gasteiger charge is 2.34. The number of phenolic OH excluding ortho intramolecular Hbond substituents is 1. The number of likely N-dealkylation sites (tertiary alicyclic amines) is 1. The van der Waals surface area contributed by atoms with Gasteiger partial charge in [0.25, 0.3) is 5.91 Å². The Balaban J connectivity index is 1.14. The Hall–Kier alpha value is -5.54. The van der Waals surface area contributed by atoms with Crippen molar-refractivity contribution in [2.24, 2.45) is 5.92 Å². The molecule has 4 aromatic rings. The van der Waals surface area contributed by atoms with Gasteiger partial charge in [0.15, 0.2) is 0 Å². The van der Waals surface area contributed by atoms with Crippen LogP contribution in [0.15, 0.2) is 61.2 Å². The van der Waals surface area contributed by atoms with Crippen LogP contribution in [0.2, 0.25) is 5.02 Å². The fourth-order valence-corrected chi connectivity index (χ4v) is 8.37. The number of aromatic nitrogens is 2. The fraction of sp³-hybridized carbons (Fsp3) is 0.405. The number of amides is 2. The van der Waals surface area contributed by atoms with Gasteiger partial charge in [-0.05, 0) is 54.0 Å². The number of hydrogen-bond donors (Lipinski definition) is 1. The van der Waals surface area contributed by atoms with Crippen molar-refractivity contribution in [3.63, 3.8) is 0 Å². The van der Waals surface area contributed by atoms with Crippen molar-refractivity contribution in [1.29, 1.82) is 5.26 Å². The number of methoxy groups -OCH3 is 1. The number of nitriles is 1. The van der Waals surface area contributed by atoms with Crippen LogP contribution in [0.1, 0.15) is 59.8 Å². The first-order valence-corrected chi connectivity index (χ1v) is 19.2. The molecule has 3 aliphatic rings.